The number of rotatable bonds is 1. The average Bonchev–Trinajstić information content (AvgIpc) is 2.83. The number of carbonyl (C=O) groups is 1. The molecule has 2 aliphatic rings. The SMILES string of the molecule is CC1(C)CC(=O)C2=C(C1)Nc1ccccc1NC2c1ccc2ccccc2c1. The molecule has 1 atom stereocenters. The normalized spacial score (nSPS) is 20.6. The Morgan fingerprint density at radius 3 is 2.39 bits per heavy atom. The van der Waals surface area contributed by atoms with Gasteiger partial charge in [-0.1, -0.05) is 62.4 Å². The minimum Gasteiger partial charge on any atom is -0.372 e. The maximum atomic E-state index is 13.3. The number of hydrogen-bond donors (Lipinski definition) is 2. The number of allylic oxidation sites excluding steroid dienone is 1. The standard InChI is InChI=1S/C25H24N2O/c1-25(2)14-21-23(22(28)15-25)24(27-20-10-6-5-9-19(20)26-21)18-12-11-16-7-3-4-8-17(16)13-18/h3-13,24,26-27H,14-15H2,1-2H3. The van der Waals surface area contributed by atoms with Gasteiger partial charge in [-0.05, 0) is 46.4 Å². The Morgan fingerprint density at radius 2 is 1.57 bits per heavy atom. The predicted octanol–water partition coefficient (Wildman–Crippen LogP) is 6.06. The van der Waals surface area contributed by atoms with Crippen LogP contribution < -0.4 is 10.6 Å². The van der Waals surface area contributed by atoms with E-state index in [1.165, 1.54) is 10.8 Å². The van der Waals surface area contributed by atoms with Gasteiger partial charge in [0.2, 0.25) is 0 Å². The summed E-state index contributed by atoms with van der Waals surface area (Å²) < 4.78 is 0. The summed E-state index contributed by atoms with van der Waals surface area (Å²) in [7, 11) is 0. The summed E-state index contributed by atoms with van der Waals surface area (Å²) in [6.45, 7) is 4.34. The summed E-state index contributed by atoms with van der Waals surface area (Å²) in [5.74, 6) is 0.234. The topological polar surface area (TPSA) is 41.1 Å². The van der Waals surface area contributed by atoms with E-state index in [0.717, 1.165) is 34.6 Å². The van der Waals surface area contributed by atoms with Crippen molar-refractivity contribution in [1.82, 2.24) is 0 Å². The number of fused-ring (bicyclic) bond motifs is 2. The summed E-state index contributed by atoms with van der Waals surface area (Å²) >= 11 is 0. The minimum absolute atomic E-state index is 0.0316. The van der Waals surface area contributed by atoms with Crippen LogP contribution in [0.25, 0.3) is 10.8 Å². The van der Waals surface area contributed by atoms with Gasteiger partial charge in [0.15, 0.2) is 5.78 Å². The molecule has 0 saturated carbocycles. The molecule has 3 aromatic carbocycles. The first-order chi connectivity index (χ1) is 13.5. The molecule has 0 saturated heterocycles. The molecule has 3 heteroatoms. The van der Waals surface area contributed by atoms with Crippen molar-refractivity contribution in [1.29, 1.82) is 0 Å². The molecule has 1 heterocycles. The number of anilines is 2. The van der Waals surface area contributed by atoms with Gasteiger partial charge in [0.1, 0.15) is 0 Å². The zero-order valence-corrected chi connectivity index (χ0v) is 16.3. The van der Waals surface area contributed by atoms with Crippen LogP contribution in [0.5, 0.6) is 0 Å². The first-order valence-electron chi connectivity index (χ1n) is 9.88. The molecule has 1 aliphatic heterocycles. The van der Waals surface area contributed by atoms with Gasteiger partial charge < -0.3 is 10.6 Å². The molecule has 5 rings (SSSR count). The summed E-state index contributed by atoms with van der Waals surface area (Å²) in [4.78, 5) is 13.3. The molecular weight excluding hydrogens is 344 g/mol. The van der Waals surface area contributed by atoms with E-state index in [1.54, 1.807) is 0 Å². The lowest BCUT2D eigenvalue weighted by atomic mass is 9.73. The fourth-order valence-electron chi connectivity index (χ4n) is 4.53. The summed E-state index contributed by atoms with van der Waals surface area (Å²) in [5.41, 5.74) is 5.08. The van der Waals surface area contributed by atoms with Gasteiger partial charge in [-0.15, -0.1) is 0 Å². The van der Waals surface area contributed by atoms with Crippen molar-refractivity contribution in [2.75, 3.05) is 10.6 Å². The lowest BCUT2D eigenvalue weighted by Crippen LogP contribution is -2.31. The number of Topliss-reactive ketones (excluding diaryl/α,β-unsaturated/α-hetero) is 1. The second-order valence-electron chi connectivity index (χ2n) is 8.69. The first kappa shape index (κ1) is 17.1. The van der Waals surface area contributed by atoms with E-state index in [9.17, 15) is 4.79 Å². The van der Waals surface area contributed by atoms with Crippen LogP contribution in [0, 0.1) is 5.41 Å². The number of para-hydroxylation sites is 2. The van der Waals surface area contributed by atoms with E-state index < -0.39 is 0 Å². The first-order valence-corrected chi connectivity index (χ1v) is 9.88. The summed E-state index contributed by atoms with van der Waals surface area (Å²) in [5, 5.41) is 9.64. The molecule has 3 nitrogen and oxygen atoms in total. The van der Waals surface area contributed by atoms with Crippen molar-refractivity contribution in [2.45, 2.75) is 32.7 Å². The van der Waals surface area contributed by atoms with E-state index in [0.29, 0.717) is 6.42 Å². The maximum absolute atomic E-state index is 13.3. The van der Waals surface area contributed by atoms with Crippen LogP contribution in [0.3, 0.4) is 0 Å². The molecule has 0 spiro atoms. The second-order valence-corrected chi connectivity index (χ2v) is 8.69. The van der Waals surface area contributed by atoms with Crippen LogP contribution in [0.15, 0.2) is 78.0 Å². The third-order valence-corrected chi connectivity index (χ3v) is 5.83. The Hall–Kier alpha value is -3.07. The Morgan fingerprint density at radius 1 is 0.857 bits per heavy atom. The van der Waals surface area contributed by atoms with Crippen molar-refractivity contribution < 1.29 is 4.79 Å². The van der Waals surface area contributed by atoms with Crippen LogP contribution in [-0.2, 0) is 4.79 Å². The number of hydrogen-bond acceptors (Lipinski definition) is 3. The zero-order valence-electron chi connectivity index (χ0n) is 16.3. The van der Waals surface area contributed by atoms with Gasteiger partial charge in [0.25, 0.3) is 0 Å². The lowest BCUT2D eigenvalue weighted by Gasteiger charge is -2.34. The van der Waals surface area contributed by atoms with Gasteiger partial charge in [0, 0.05) is 17.7 Å². The van der Waals surface area contributed by atoms with Gasteiger partial charge in [0.05, 0.1) is 17.4 Å². The van der Waals surface area contributed by atoms with Crippen LogP contribution >= 0.6 is 0 Å². The summed E-state index contributed by atoms with van der Waals surface area (Å²) in [6.07, 6.45) is 1.45. The molecule has 0 fully saturated rings. The number of ketones is 1. The van der Waals surface area contributed by atoms with Crippen LogP contribution in [0.4, 0.5) is 11.4 Å². The highest BCUT2D eigenvalue weighted by molar-refractivity contribution is 6.01. The van der Waals surface area contributed by atoms with Crippen LogP contribution in [0.1, 0.15) is 38.3 Å². The molecule has 0 amide bonds. The Balaban J connectivity index is 1.70. The van der Waals surface area contributed by atoms with Crippen molar-refractivity contribution in [3.63, 3.8) is 0 Å². The molecule has 2 N–H and O–H groups in total. The quantitative estimate of drug-likeness (QED) is 0.548. The zero-order chi connectivity index (χ0) is 19.3. The van der Waals surface area contributed by atoms with Crippen molar-refractivity contribution >= 4 is 27.9 Å². The van der Waals surface area contributed by atoms with Crippen molar-refractivity contribution in [3.05, 3.63) is 83.6 Å². The molecule has 140 valence electrons. The third-order valence-electron chi connectivity index (χ3n) is 5.83. The van der Waals surface area contributed by atoms with Crippen LogP contribution in [0.2, 0.25) is 0 Å². The second kappa shape index (κ2) is 6.23. The Labute approximate surface area is 165 Å². The Kier molecular flexibility index (Phi) is 3.80. The molecule has 3 aromatic rings. The number of nitrogens with one attached hydrogen (secondary N) is 2. The highest BCUT2D eigenvalue weighted by atomic mass is 16.1. The minimum atomic E-state index is -0.153. The van der Waals surface area contributed by atoms with E-state index >= 15 is 0 Å². The average molecular weight is 368 g/mol. The van der Waals surface area contributed by atoms with E-state index in [1.807, 2.05) is 12.1 Å². The van der Waals surface area contributed by atoms with Gasteiger partial charge >= 0.3 is 0 Å². The van der Waals surface area contributed by atoms with E-state index in [-0.39, 0.29) is 17.2 Å². The highest BCUT2D eigenvalue weighted by Crippen LogP contribution is 2.45. The molecule has 1 unspecified atom stereocenters. The van der Waals surface area contributed by atoms with Gasteiger partial charge in [-0.3, -0.25) is 4.79 Å². The van der Waals surface area contributed by atoms with E-state index in [4.69, 9.17) is 0 Å². The fraction of sp³-hybridized carbons (Fsp3) is 0.240. The highest BCUT2D eigenvalue weighted by Gasteiger charge is 2.38. The molecular formula is C25H24N2O. The predicted molar refractivity (Wildman–Crippen MR) is 115 cm³/mol. The largest absolute Gasteiger partial charge is 0.372 e. The molecule has 0 aromatic heterocycles. The third kappa shape index (κ3) is 2.88. The Bertz CT molecular complexity index is 1130. The van der Waals surface area contributed by atoms with Gasteiger partial charge in [-0.2, -0.15) is 0 Å². The van der Waals surface area contributed by atoms with Gasteiger partial charge in [-0.25, -0.2) is 0 Å². The lowest BCUT2D eigenvalue weighted by molar-refractivity contribution is -0.118. The van der Waals surface area contributed by atoms with Crippen molar-refractivity contribution in [2.24, 2.45) is 5.41 Å². The summed E-state index contributed by atoms with van der Waals surface area (Å²) in [6, 6.07) is 22.9. The number of carbonyl (C=O) groups excluding carboxylic acids is 1. The molecule has 0 radical (unpaired) electrons. The molecule has 1 aliphatic carbocycles. The van der Waals surface area contributed by atoms with Crippen molar-refractivity contribution in [3.8, 4) is 0 Å². The fourth-order valence-corrected chi connectivity index (χ4v) is 4.53. The smallest absolute Gasteiger partial charge is 0.163 e. The van der Waals surface area contributed by atoms with E-state index in [2.05, 4.69) is 79.1 Å². The maximum Gasteiger partial charge on any atom is 0.163 e. The molecule has 0 bridgehead atoms. The number of benzene rings is 3. The monoisotopic (exact) mass is 368 g/mol. The molecule has 28 heavy (non-hydrogen) atoms. The van der Waals surface area contributed by atoms with Crippen LogP contribution in [-0.4, -0.2) is 5.78 Å².